The van der Waals surface area contributed by atoms with E-state index in [-0.39, 0.29) is 31.8 Å². The normalized spacial score (nSPS) is 14.8. The number of aromatic nitrogens is 4. The Labute approximate surface area is 247 Å². The maximum absolute atomic E-state index is 14.0. The quantitative estimate of drug-likeness (QED) is 0.276. The van der Waals surface area contributed by atoms with Crippen molar-refractivity contribution < 1.29 is 33.0 Å². The average molecular weight is 589 g/mol. The molecule has 0 spiro atoms. The second-order valence-corrected chi connectivity index (χ2v) is 10.3. The van der Waals surface area contributed by atoms with E-state index in [0.717, 1.165) is 31.2 Å². The van der Waals surface area contributed by atoms with Crippen molar-refractivity contribution in [3.63, 3.8) is 0 Å². The predicted octanol–water partition coefficient (Wildman–Crippen LogP) is 3.51. The molecule has 0 radical (unpaired) electrons. The van der Waals surface area contributed by atoms with Crippen LogP contribution in [0.5, 0.6) is 23.0 Å². The van der Waals surface area contributed by atoms with Crippen molar-refractivity contribution in [3.05, 3.63) is 66.1 Å². The zero-order valence-electron chi connectivity index (χ0n) is 23.9. The molecule has 2 aromatic heterocycles. The Balaban J connectivity index is 1.29. The summed E-state index contributed by atoms with van der Waals surface area (Å²) in [6, 6.07) is 13.1. The van der Waals surface area contributed by atoms with Crippen LogP contribution in [0.1, 0.15) is 43.0 Å². The molecule has 6 rings (SSSR count). The first-order valence-corrected chi connectivity index (χ1v) is 14.0. The van der Waals surface area contributed by atoms with Gasteiger partial charge in [-0.25, -0.2) is 0 Å². The van der Waals surface area contributed by atoms with Crippen molar-refractivity contribution in [2.24, 2.45) is 0 Å². The van der Waals surface area contributed by atoms with Crippen LogP contribution in [0.25, 0.3) is 11.4 Å². The van der Waals surface area contributed by atoms with Crippen LogP contribution in [0.15, 0.2) is 59.2 Å². The van der Waals surface area contributed by atoms with E-state index in [1.54, 1.807) is 49.6 Å². The van der Waals surface area contributed by atoms with E-state index in [1.165, 1.54) is 23.1 Å². The van der Waals surface area contributed by atoms with Gasteiger partial charge in [-0.05, 0) is 66.1 Å². The SMILES string of the molecule is COc1ccc(-c2nnn(CC(=O)N(Cc3ccc4c(c3)OCO4)[C@@H](C(=O)NC3CCCC3)c3ccco3)n2)cc1OC. The lowest BCUT2D eigenvalue weighted by molar-refractivity contribution is -0.143. The summed E-state index contributed by atoms with van der Waals surface area (Å²) in [6.45, 7) is -0.0461. The number of benzene rings is 2. The highest BCUT2D eigenvalue weighted by atomic mass is 16.7. The van der Waals surface area contributed by atoms with E-state index in [0.29, 0.717) is 40.1 Å². The number of fused-ring (bicyclic) bond motifs is 1. The van der Waals surface area contributed by atoms with Gasteiger partial charge >= 0.3 is 0 Å². The molecule has 2 amide bonds. The highest BCUT2D eigenvalue weighted by Gasteiger charge is 2.36. The first kappa shape index (κ1) is 28.1. The number of amides is 2. The molecule has 0 bridgehead atoms. The Bertz CT molecular complexity index is 1580. The van der Waals surface area contributed by atoms with Gasteiger partial charge in [-0.1, -0.05) is 18.9 Å². The Hall–Kier alpha value is -5.07. The number of tetrazole rings is 1. The first-order valence-electron chi connectivity index (χ1n) is 14.0. The summed E-state index contributed by atoms with van der Waals surface area (Å²) in [6.07, 6.45) is 5.39. The summed E-state index contributed by atoms with van der Waals surface area (Å²) in [5.41, 5.74) is 1.39. The van der Waals surface area contributed by atoms with Gasteiger partial charge in [-0.15, -0.1) is 10.2 Å². The summed E-state index contributed by atoms with van der Waals surface area (Å²) in [4.78, 5) is 30.5. The number of methoxy groups -OCH3 is 2. The summed E-state index contributed by atoms with van der Waals surface area (Å²) >= 11 is 0. The first-order chi connectivity index (χ1) is 21.0. The number of carbonyl (C=O) groups excluding carboxylic acids is 2. The van der Waals surface area contributed by atoms with Gasteiger partial charge in [0.05, 0.1) is 20.5 Å². The molecule has 1 saturated carbocycles. The molecule has 3 heterocycles. The molecule has 4 aromatic rings. The summed E-state index contributed by atoms with van der Waals surface area (Å²) in [7, 11) is 3.09. The molecule has 1 aliphatic carbocycles. The van der Waals surface area contributed by atoms with Crippen molar-refractivity contribution in [3.8, 4) is 34.4 Å². The maximum Gasteiger partial charge on any atom is 0.250 e. The topological polar surface area (TPSA) is 143 Å². The van der Waals surface area contributed by atoms with Crippen molar-refractivity contribution >= 4 is 11.8 Å². The maximum atomic E-state index is 14.0. The fourth-order valence-electron chi connectivity index (χ4n) is 5.39. The third-order valence-electron chi connectivity index (χ3n) is 7.56. The Morgan fingerprint density at radius 3 is 2.63 bits per heavy atom. The fourth-order valence-corrected chi connectivity index (χ4v) is 5.39. The molecular weight excluding hydrogens is 556 g/mol. The summed E-state index contributed by atoms with van der Waals surface area (Å²) in [5.74, 6) is 2.21. The van der Waals surface area contributed by atoms with E-state index in [1.807, 2.05) is 6.07 Å². The second-order valence-electron chi connectivity index (χ2n) is 10.3. The zero-order valence-corrected chi connectivity index (χ0v) is 23.9. The van der Waals surface area contributed by atoms with Gasteiger partial charge in [0.15, 0.2) is 29.0 Å². The smallest absolute Gasteiger partial charge is 0.250 e. The van der Waals surface area contributed by atoms with Gasteiger partial charge in [0, 0.05) is 18.2 Å². The van der Waals surface area contributed by atoms with E-state index >= 15 is 0 Å². The van der Waals surface area contributed by atoms with Gasteiger partial charge in [-0.2, -0.15) is 4.80 Å². The van der Waals surface area contributed by atoms with E-state index in [9.17, 15) is 9.59 Å². The molecule has 1 atom stereocenters. The van der Waals surface area contributed by atoms with Gasteiger partial charge in [-0.3, -0.25) is 9.59 Å². The molecule has 1 fully saturated rings. The van der Waals surface area contributed by atoms with Crippen LogP contribution in [0.2, 0.25) is 0 Å². The third-order valence-corrected chi connectivity index (χ3v) is 7.56. The average Bonchev–Trinajstić information content (AvgIpc) is 3.85. The number of nitrogens with zero attached hydrogens (tertiary/aromatic N) is 5. The monoisotopic (exact) mass is 588 g/mol. The fraction of sp³-hybridized carbons (Fsp3) is 0.367. The molecule has 2 aromatic carbocycles. The molecule has 0 saturated heterocycles. The second kappa shape index (κ2) is 12.4. The zero-order chi connectivity index (χ0) is 29.8. The molecule has 2 aliphatic rings. The lowest BCUT2D eigenvalue weighted by Gasteiger charge is -2.30. The molecule has 1 aliphatic heterocycles. The third kappa shape index (κ3) is 6.10. The van der Waals surface area contributed by atoms with Gasteiger partial charge < -0.3 is 33.6 Å². The van der Waals surface area contributed by atoms with E-state index < -0.39 is 11.9 Å². The van der Waals surface area contributed by atoms with Crippen LogP contribution in [-0.2, 0) is 22.7 Å². The largest absolute Gasteiger partial charge is 0.493 e. The molecule has 43 heavy (non-hydrogen) atoms. The van der Waals surface area contributed by atoms with E-state index in [4.69, 9.17) is 23.4 Å². The minimum Gasteiger partial charge on any atom is -0.493 e. The number of furan rings is 1. The lowest BCUT2D eigenvalue weighted by Crippen LogP contribution is -2.46. The predicted molar refractivity (Wildman–Crippen MR) is 151 cm³/mol. The van der Waals surface area contributed by atoms with Crippen LogP contribution in [0, 0.1) is 0 Å². The summed E-state index contributed by atoms with van der Waals surface area (Å²) < 4.78 is 27.4. The molecule has 224 valence electrons. The van der Waals surface area contributed by atoms with Crippen molar-refractivity contribution in [1.29, 1.82) is 0 Å². The molecule has 13 heteroatoms. The van der Waals surface area contributed by atoms with Crippen molar-refractivity contribution in [2.45, 2.75) is 50.9 Å². The van der Waals surface area contributed by atoms with Gasteiger partial charge in [0.25, 0.3) is 5.91 Å². The molecule has 13 nitrogen and oxygen atoms in total. The molecular formula is C30H32N6O7. The molecule has 1 N–H and O–H groups in total. The number of hydrogen-bond acceptors (Lipinski definition) is 10. The Morgan fingerprint density at radius 2 is 1.86 bits per heavy atom. The van der Waals surface area contributed by atoms with Gasteiger partial charge in [0.1, 0.15) is 12.3 Å². The van der Waals surface area contributed by atoms with Crippen LogP contribution < -0.4 is 24.3 Å². The number of ether oxygens (including phenoxy) is 4. The molecule has 0 unspecified atom stereocenters. The number of rotatable bonds is 11. The van der Waals surface area contributed by atoms with Crippen molar-refractivity contribution in [1.82, 2.24) is 30.4 Å². The number of hydrogen-bond donors (Lipinski definition) is 1. The minimum absolute atomic E-state index is 0.0495. The highest BCUT2D eigenvalue weighted by molar-refractivity contribution is 5.88. The number of nitrogens with one attached hydrogen (secondary N) is 1. The Morgan fingerprint density at radius 1 is 1.05 bits per heavy atom. The Kier molecular flexibility index (Phi) is 8.11. The minimum atomic E-state index is -1.03. The summed E-state index contributed by atoms with van der Waals surface area (Å²) in [5, 5.41) is 15.8. The standard InChI is InChI=1S/C30H32N6O7/c1-39-22-12-10-20(15-25(22)40-2)29-32-34-36(33-29)17-27(37)35(16-19-9-11-23-26(14-19)43-18-42-23)28(24-8-5-13-41-24)30(38)31-21-6-3-4-7-21/h5,8-15,21,28H,3-4,6-7,16-18H2,1-2H3,(H,31,38)/t28-/m1/s1. The van der Waals surface area contributed by atoms with Crippen LogP contribution in [0.3, 0.4) is 0 Å². The van der Waals surface area contributed by atoms with Crippen LogP contribution in [-0.4, -0.2) is 64.0 Å². The van der Waals surface area contributed by atoms with E-state index in [2.05, 4.69) is 20.7 Å². The van der Waals surface area contributed by atoms with Crippen molar-refractivity contribution in [2.75, 3.05) is 21.0 Å². The highest BCUT2D eigenvalue weighted by Crippen LogP contribution is 2.34. The number of carbonyl (C=O) groups is 2. The van der Waals surface area contributed by atoms with Gasteiger partial charge in [0.2, 0.25) is 18.5 Å². The lowest BCUT2D eigenvalue weighted by atomic mass is 10.1. The van der Waals surface area contributed by atoms with Crippen LogP contribution >= 0.6 is 0 Å². The van der Waals surface area contributed by atoms with Crippen LogP contribution in [0.4, 0.5) is 0 Å².